The summed E-state index contributed by atoms with van der Waals surface area (Å²) in [7, 11) is 4.90. The van der Waals surface area contributed by atoms with Crippen LogP contribution in [0.15, 0.2) is 97.2 Å². The molecule has 0 saturated carbocycles. The van der Waals surface area contributed by atoms with Crippen LogP contribution in [0.5, 0.6) is 28.7 Å². The molecule has 0 saturated heterocycles. The molecule has 0 radical (unpaired) electrons. The number of rotatable bonds is 8. The van der Waals surface area contributed by atoms with Crippen LogP contribution in [0.4, 0.5) is 0 Å². The Bertz CT molecular complexity index is 2220. The fourth-order valence-corrected chi connectivity index (χ4v) is 6.23. The van der Waals surface area contributed by atoms with Crippen molar-refractivity contribution >= 4 is 21.8 Å². The smallest absolute Gasteiger partial charge is 0.137 e. The van der Waals surface area contributed by atoms with Crippen molar-refractivity contribution in [3.63, 3.8) is 0 Å². The van der Waals surface area contributed by atoms with E-state index in [1.54, 1.807) is 21.3 Å². The molecule has 7 rings (SSSR count). The number of aromatic nitrogens is 4. The first-order chi connectivity index (χ1) is 22.4. The molecule has 0 bridgehead atoms. The van der Waals surface area contributed by atoms with Crippen LogP contribution < -0.4 is 18.9 Å². The van der Waals surface area contributed by atoms with E-state index in [1.165, 1.54) is 5.39 Å². The van der Waals surface area contributed by atoms with E-state index in [1.807, 2.05) is 73.3 Å². The predicted octanol–water partition coefficient (Wildman–Crippen LogP) is 8.77. The van der Waals surface area contributed by atoms with Crippen LogP contribution >= 0.6 is 0 Å². The van der Waals surface area contributed by atoms with E-state index >= 15 is 0 Å². The van der Waals surface area contributed by atoms with Crippen LogP contribution in [-0.2, 0) is 0 Å². The second-order valence-corrected chi connectivity index (χ2v) is 11.2. The molecule has 0 amide bonds. The van der Waals surface area contributed by atoms with Gasteiger partial charge in [0.05, 0.1) is 49.3 Å². The summed E-state index contributed by atoms with van der Waals surface area (Å²) in [6.07, 6.45) is 1.85. The normalized spacial score (nSPS) is 11.3. The summed E-state index contributed by atoms with van der Waals surface area (Å²) in [5.74, 6) is 4.24. The van der Waals surface area contributed by atoms with E-state index in [0.29, 0.717) is 23.0 Å². The highest BCUT2D eigenvalue weighted by atomic mass is 16.5. The van der Waals surface area contributed by atoms with Crippen LogP contribution in [-0.4, -0.2) is 40.7 Å². The molecule has 0 spiro atoms. The summed E-state index contributed by atoms with van der Waals surface area (Å²) in [6, 6.07) is 30.4. The van der Waals surface area contributed by atoms with Gasteiger partial charge in [0.2, 0.25) is 0 Å². The van der Waals surface area contributed by atoms with Gasteiger partial charge in [-0.2, -0.15) is 5.10 Å². The number of ether oxygens (including phenoxy) is 4. The first kappa shape index (κ1) is 29.0. The van der Waals surface area contributed by atoms with Crippen molar-refractivity contribution in [2.75, 3.05) is 21.3 Å². The van der Waals surface area contributed by atoms with Crippen molar-refractivity contribution in [3.05, 3.63) is 114 Å². The number of fused-ring (bicyclic) bond motifs is 3. The number of hydrogen-bond acceptors (Lipinski definition) is 6. The monoisotopic (exact) mass is 610 g/mol. The molecule has 8 heteroatoms. The molecule has 8 nitrogen and oxygen atoms in total. The fraction of sp³-hybridized carbons (Fsp3) is 0.158. The summed E-state index contributed by atoms with van der Waals surface area (Å²) in [5.41, 5.74) is 7.68. The molecular weight excluding hydrogens is 576 g/mol. The van der Waals surface area contributed by atoms with Gasteiger partial charge in [-0.25, -0.2) is 9.67 Å². The minimum Gasteiger partial charge on any atom is -0.496 e. The quantitative estimate of drug-likeness (QED) is 0.171. The van der Waals surface area contributed by atoms with E-state index in [2.05, 4.69) is 54.0 Å². The lowest BCUT2D eigenvalue weighted by molar-refractivity contribution is 0.377. The average Bonchev–Trinajstić information content (AvgIpc) is 3.56. The van der Waals surface area contributed by atoms with Crippen molar-refractivity contribution in [3.8, 4) is 51.4 Å². The van der Waals surface area contributed by atoms with Gasteiger partial charge >= 0.3 is 0 Å². The lowest BCUT2D eigenvalue weighted by Crippen LogP contribution is -2.00. The van der Waals surface area contributed by atoms with Crippen molar-refractivity contribution < 1.29 is 18.9 Å². The number of aryl methyl sites for hydroxylation is 2. The molecule has 0 fully saturated rings. The summed E-state index contributed by atoms with van der Waals surface area (Å²) >= 11 is 0. The Morgan fingerprint density at radius 2 is 1.35 bits per heavy atom. The van der Waals surface area contributed by atoms with Gasteiger partial charge in [-0.05, 0) is 68.8 Å². The molecule has 4 aromatic carbocycles. The Morgan fingerprint density at radius 3 is 2.09 bits per heavy atom. The first-order valence-electron chi connectivity index (χ1n) is 15.0. The predicted molar refractivity (Wildman–Crippen MR) is 182 cm³/mol. The average molecular weight is 611 g/mol. The minimum absolute atomic E-state index is 0.646. The minimum atomic E-state index is 0.646. The lowest BCUT2D eigenvalue weighted by atomic mass is 10.0. The topological polar surface area (TPSA) is 72.6 Å². The Balaban J connectivity index is 1.28. The summed E-state index contributed by atoms with van der Waals surface area (Å²) in [5, 5.41) is 7.23. The number of hydrogen-bond donors (Lipinski definition) is 0. The van der Waals surface area contributed by atoms with Gasteiger partial charge in [0.1, 0.15) is 34.6 Å². The highest BCUT2D eigenvalue weighted by molar-refractivity contribution is 6.09. The molecule has 0 unspecified atom stereocenters. The Kier molecular flexibility index (Phi) is 7.33. The van der Waals surface area contributed by atoms with Crippen molar-refractivity contribution in [2.24, 2.45) is 0 Å². The Hall–Kier alpha value is -5.76. The van der Waals surface area contributed by atoms with Crippen molar-refractivity contribution in [1.29, 1.82) is 0 Å². The van der Waals surface area contributed by atoms with Crippen LogP contribution in [0.3, 0.4) is 0 Å². The molecule has 7 aromatic rings. The molecule has 46 heavy (non-hydrogen) atoms. The Morgan fingerprint density at radius 1 is 0.609 bits per heavy atom. The third-order valence-electron chi connectivity index (χ3n) is 8.33. The van der Waals surface area contributed by atoms with Crippen LogP contribution in [0, 0.1) is 20.8 Å². The summed E-state index contributed by atoms with van der Waals surface area (Å²) in [4.78, 5) is 4.70. The fourth-order valence-electron chi connectivity index (χ4n) is 6.23. The largest absolute Gasteiger partial charge is 0.496 e. The number of pyridine rings is 1. The molecule has 0 aliphatic heterocycles. The van der Waals surface area contributed by atoms with Gasteiger partial charge in [0, 0.05) is 52.5 Å². The molecule has 0 aliphatic rings. The second kappa shape index (κ2) is 11.6. The molecule has 0 N–H and O–H groups in total. The number of benzene rings is 4. The third-order valence-corrected chi connectivity index (χ3v) is 8.33. The summed E-state index contributed by atoms with van der Waals surface area (Å²) < 4.78 is 27.6. The lowest BCUT2D eigenvalue weighted by Gasteiger charge is -2.16. The number of methoxy groups -OCH3 is 3. The highest BCUT2D eigenvalue weighted by Gasteiger charge is 2.23. The van der Waals surface area contributed by atoms with Crippen LogP contribution in [0.1, 0.15) is 17.0 Å². The maximum atomic E-state index is 6.49. The third kappa shape index (κ3) is 4.88. The van der Waals surface area contributed by atoms with Gasteiger partial charge < -0.3 is 18.9 Å². The maximum Gasteiger partial charge on any atom is 0.137 e. The van der Waals surface area contributed by atoms with Gasteiger partial charge in [-0.1, -0.05) is 24.3 Å². The molecular formula is C38H34N4O4. The molecule has 0 atom stereocenters. The van der Waals surface area contributed by atoms with E-state index < -0.39 is 0 Å². The van der Waals surface area contributed by atoms with E-state index in [-0.39, 0.29) is 0 Å². The molecule has 230 valence electrons. The van der Waals surface area contributed by atoms with Gasteiger partial charge in [0.15, 0.2) is 0 Å². The van der Waals surface area contributed by atoms with E-state index in [0.717, 1.165) is 61.8 Å². The highest BCUT2D eigenvalue weighted by Crippen LogP contribution is 2.45. The van der Waals surface area contributed by atoms with Crippen molar-refractivity contribution in [2.45, 2.75) is 20.8 Å². The standard InChI is InChI=1S/C38H34N4O4/c1-23-16-17-39-36(18-23)41-32-13-8-7-12-30(32)31-15-14-28(20-33(31)41)46-27-11-9-10-26(19-27)42-25(3)37(24(2)40-42)38-34(44-5)21-29(43-4)22-35(38)45-6/h7-22H,1-6H3. The number of para-hydroxylation sites is 1. The van der Waals surface area contributed by atoms with Crippen LogP contribution in [0.2, 0.25) is 0 Å². The molecule has 3 heterocycles. The van der Waals surface area contributed by atoms with Crippen molar-refractivity contribution in [1.82, 2.24) is 19.3 Å². The second-order valence-electron chi connectivity index (χ2n) is 11.2. The van der Waals surface area contributed by atoms with E-state index in [9.17, 15) is 0 Å². The molecule has 3 aromatic heterocycles. The zero-order chi connectivity index (χ0) is 31.9. The summed E-state index contributed by atoms with van der Waals surface area (Å²) in [6.45, 7) is 6.11. The zero-order valence-electron chi connectivity index (χ0n) is 26.7. The van der Waals surface area contributed by atoms with Crippen LogP contribution in [0.25, 0.3) is 44.4 Å². The first-order valence-corrected chi connectivity index (χ1v) is 15.0. The van der Waals surface area contributed by atoms with Gasteiger partial charge in [0.25, 0.3) is 0 Å². The SMILES string of the molecule is COc1cc(OC)c(-c2c(C)nn(-c3cccc(Oc4ccc5c6ccccc6n(-c6cc(C)ccn6)c5c4)c3)c2C)c(OC)c1. The number of nitrogens with zero attached hydrogens (tertiary/aromatic N) is 4. The van der Waals surface area contributed by atoms with Gasteiger partial charge in [-0.3, -0.25) is 4.57 Å². The maximum absolute atomic E-state index is 6.49. The van der Waals surface area contributed by atoms with E-state index in [4.69, 9.17) is 29.0 Å². The zero-order valence-corrected chi connectivity index (χ0v) is 26.7. The Labute approximate surface area is 267 Å². The van der Waals surface area contributed by atoms with Gasteiger partial charge in [-0.15, -0.1) is 0 Å². The molecule has 0 aliphatic carbocycles.